The predicted octanol–water partition coefficient (Wildman–Crippen LogP) is 1.32. The van der Waals surface area contributed by atoms with Crippen molar-refractivity contribution < 1.29 is 9.90 Å². The highest BCUT2D eigenvalue weighted by atomic mass is 16.3. The van der Waals surface area contributed by atoms with Crippen LogP contribution in [0.5, 0.6) is 0 Å². The number of likely N-dealkylation sites (tertiary alicyclic amines) is 1. The van der Waals surface area contributed by atoms with Crippen molar-refractivity contribution in [2.75, 3.05) is 13.1 Å². The number of carbonyl (C=O) groups is 1. The number of aliphatic hydroxyl groups is 1. The molecule has 0 amide bonds. The maximum atomic E-state index is 12.1. The van der Waals surface area contributed by atoms with E-state index in [-0.39, 0.29) is 17.9 Å². The lowest BCUT2D eigenvalue weighted by atomic mass is 10.0. The molecule has 1 saturated heterocycles. The van der Waals surface area contributed by atoms with Crippen LogP contribution in [0.4, 0.5) is 0 Å². The van der Waals surface area contributed by atoms with Crippen molar-refractivity contribution in [1.82, 2.24) is 4.90 Å². The van der Waals surface area contributed by atoms with E-state index < -0.39 is 0 Å². The van der Waals surface area contributed by atoms with Crippen molar-refractivity contribution in [3.8, 4) is 0 Å². The van der Waals surface area contributed by atoms with Gasteiger partial charge in [-0.25, -0.2) is 0 Å². The van der Waals surface area contributed by atoms with Gasteiger partial charge < -0.3 is 5.11 Å². The summed E-state index contributed by atoms with van der Waals surface area (Å²) in [4.78, 5) is 14.2. The fraction of sp³-hybridized carbons (Fsp3) is 0.462. The second-order valence-electron chi connectivity index (χ2n) is 4.34. The fourth-order valence-corrected chi connectivity index (χ4v) is 2.13. The quantitative estimate of drug-likeness (QED) is 0.780. The highest BCUT2D eigenvalue weighted by molar-refractivity contribution is 5.99. The third kappa shape index (κ3) is 2.31. The Morgan fingerprint density at radius 1 is 1.44 bits per heavy atom. The molecule has 1 N–H and O–H groups in total. The van der Waals surface area contributed by atoms with Crippen LogP contribution >= 0.6 is 0 Å². The highest BCUT2D eigenvalue weighted by Gasteiger charge is 2.28. The Hall–Kier alpha value is -1.19. The molecule has 3 nitrogen and oxygen atoms in total. The summed E-state index contributed by atoms with van der Waals surface area (Å²) in [7, 11) is 0. The molecule has 2 atom stereocenters. The number of hydrogen-bond acceptors (Lipinski definition) is 3. The zero-order valence-corrected chi connectivity index (χ0v) is 9.47. The molecule has 0 bridgehead atoms. The maximum absolute atomic E-state index is 12.1. The molecule has 0 aromatic heterocycles. The molecule has 3 heteroatoms. The summed E-state index contributed by atoms with van der Waals surface area (Å²) in [6.45, 7) is 3.33. The van der Waals surface area contributed by atoms with Gasteiger partial charge in [0.2, 0.25) is 0 Å². The highest BCUT2D eigenvalue weighted by Crippen LogP contribution is 2.15. The molecule has 0 saturated carbocycles. The van der Waals surface area contributed by atoms with E-state index in [0.29, 0.717) is 6.54 Å². The van der Waals surface area contributed by atoms with Crippen molar-refractivity contribution in [2.45, 2.75) is 25.5 Å². The van der Waals surface area contributed by atoms with Crippen molar-refractivity contribution in [2.24, 2.45) is 0 Å². The maximum Gasteiger partial charge on any atom is 0.179 e. The van der Waals surface area contributed by atoms with Gasteiger partial charge in [-0.3, -0.25) is 9.69 Å². The summed E-state index contributed by atoms with van der Waals surface area (Å²) in [6.07, 6.45) is 0.498. The molecule has 0 aliphatic carbocycles. The van der Waals surface area contributed by atoms with Crippen LogP contribution in [0, 0.1) is 0 Å². The number of hydrogen-bond donors (Lipinski definition) is 1. The normalized spacial score (nSPS) is 23.2. The number of nitrogens with zero attached hydrogens (tertiary/aromatic N) is 1. The van der Waals surface area contributed by atoms with E-state index in [2.05, 4.69) is 0 Å². The molecular formula is C13H17NO2. The molecule has 1 aliphatic rings. The van der Waals surface area contributed by atoms with E-state index in [1.54, 1.807) is 0 Å². The van der Waals surface area contributed by atoms with Crippen LogP contribution in [0.25, 0.3) is 0 Å². The average molecular weight is 219 g/mol. The molecule has 1 aromatic rings. The zero-order valence-electron chi connectivity index (χ0n) is 9.47. The van der Waals surface area contributed by atoms with Gasteiger partial charge >= 0.3 is 0 Å². The fourth-order valence-electron chi connectivity index (χ4n) is 2.13. The van der Waals surface area contributed by atoms with E-state index in [1.807, 2.05) is 42.2 Å². The lowest BCUT2D eigenvalue weighted by molar-refractivity contribution is 0.0847. The van der Waals surface area contributed by atoms with Gasteiger partial charge in [0, 0.05) is 18.7 Å². The molecule has 2 unspecified atom stereocenters. The molecule has 1 heterocycles. The molecule has 1 aliphatic heterocycles. The second-order valence-corrected chi connectivity index (χ2v) is 4.34. The van der Waals surface area contributed by atoms with Crippen molar-refractivity contribution >= 4 is 5.78 Å². The molecule has 2 rings (SSSR count). The molecule has 1 fully saturated rings. The van der Waals surface area contributed by atoms with E-state index >= 15 is 0 Å². The first-order chi connectivity index (χ1) is 7.68. The Morgan fingerprint density at radius 2 is 2.12 bits per heavy atom. The van der Waals surface area contributed by atoms with Gasteiger partial charge in [-0.1, -0.05) is 30.3 Å². The van der Waals surface area contributed by atoms with Crippen LogP contribution in [0.3, 0.4) is 0 Å². The van der Waals surface area contributed by atoms with E-state index in [1.165, 1.54) is 0 Å². The largest absolute Gasteiger partial charge is 0.392 e. The van der Waals surface area contributed by atoms with Crippen LogP contribution in [-0.2, 0) is 0 Å². The summed E-state index contributed by atoms with van der Waals surface area (Å²) in [5, 5.41) is 9.45. The van der Waals surface area contributed by atoms with Crippen molar-refractivity contribution in [3.63, 3.8) is 0 Å². The predicted molar refractivity (Wildman–Crippen MR) is 62.4 cm³/mol. The number of benzene rings is 1. The van der Waals surface area contributed by atoms with Gasteiger partial charge in [0.25, 0.3) is 0 Å². The lowest BCUT2D eigenvalue weighted by Gasteiger charge is -2.22. The molecule has 1 aromatic carbocycles. The van der Waals surface area contributed by atoms with Crippen LogP contribution < -0.4 is 0 Å². The Labute approximate surface area is 95.7 Å². The smallest absolute Gasteiger partial charge is 0.179 e. The van der Waals surface area contributed by atoms with Gasteiger partial charge in [-0.15, -0.1) is 0 Å². The monoisotopic (exact) mass is 219 g/mol. The minimum atomic E-state index is -0.272. The van der Waals surface area contributed by atoms with Crippen molar-refractivity contribution in [3.05, 3.63) is 35.9 Å². The molecule has 86 valence electrons. The van der Waals surface area contributed by atoms with Gasteiger partial charge in [0.1, 0.15) is 0 Å². The van der Waals surface area contributed by atoms with Gasteiger partial charge in [0.15, 0.2) is 5.78 Å². The van der Waals surface area contributed by atoms with Gasteiger partial charge in [-0.2, -0.15) is 0 Å². The lowest BCUT2D eigenvalue weighted by Crippen LogP contribution is -2.37. The number of Topliss-reactive ketones (excluding diaryl/α,β-unsaturated/α-hetero) is 1. The Balaban J connectivity index is 2.05. The molecular weight excluding hydrogens is 202 g/mol. The summed E-state index contributed by atoms with van der Waals surface area (Å²) in [5.74, 6) is 0.134. The summed E-state index contributed by atoms with van der Waals surface area (Å²) in [5.41, 5.74) is 0.747. The number of ketones is 1. The van der Waals surface area contributed by atoms with E-state index in [9.17, 15) is 9.90 Å². The molecule has 0 spiro atoms. The number of aliphatic hydroxyl groups excluding tert-OH is 1. The van der Waals surface area contributed by atoms with Crippen LogP contribution in [0.2, 0.25) is 0 Å². The van der Waals surface area contributed by atoms with Crippen LogP contribution in [0.1, 0.15) is 23.7 Å². The number of carbonyl (C=O) groups excluding carboxylic acids is 1. The summed E-state index contributed by atoms with van der Waals surface area (Å²) >= 11 is 0. The molecule has 0 radical (unpaired) electrons. The van der Waals surface area contributed by atoms with E-state index in [4.69, 9.17) is 0 Å². The Bertz CT molecular complexity index is 363. The zero-order chi connectivity index (χ0) is 11.5. The van der Waals surface area contributed by atoms with E-state index in [0.717, 1.165) is 18.5 Å². The average Bonchev–Trinajstić information content (AvgIpc) is 2.75. The molecule has 16 heavy (non-hydrogen) atoms. The minimum absolute atomic E-state index is 0.134. The first-order valence-electron chi connectivity index (χ1n) is 5.70. The summed E-state index contributed by atoms with van der Waals surface area (Å²) < 4.78 is 0. The second kappa shape index (κ2) is 4.76. The summed E-state index contributed by atoms with van der Waals surface area (Å²) in [6, 6.07) is 9.19. The topological polar surface area (TPSA) is 40.5 Å². The number of β-amino-alcohol motifs (C(OH)–C–C–N with tert-alkyl or cyclic N) is 1. The van der Waals surface area contributed by atoms with Crippen LogP contribution in [-0.4, -0.2) is 41.0 Å². The Morgan fingerprint density at radius 3 is 2.69 bits per heavy atom. The first-order valence-corrected chi connectivity index (χ1v) is 5.70. The third-order valence-electron chi connectivity index (χ3n) is 3.18. The first kappa shape index (κ1) is 11.3. The standard InChI is InChI=1S/C13H17NO2/c1-10(14-8-7-12(15)9-14)13(16)11-5-3-2-4-6-11/h2-6,10,12,15H,7-9H2,1H3. The van der Waals surface area contributed by atoms with Crippen molar-refractivity contribution in [1.29, 1.82) is 0 Å². The van der Waals surface area contributed by atoms with Gasteiger partial charge in [0.05, 0.1) is 12.1 Å². The SMILES string of the molecule is CC(C(=O)c1ccccc1)N1CCC(O)C1. The van der Waals surface area contributed by atoms with Crippen LogP contribution in [0.15, 0.2) is 30.3 Å². The Kier molecular flexibility index (Phi) is 3.36. The number of rotatable bonds is 3. The van der Waals surface area contributed by atoms with Gasteiger partial charge in [-0.05, 0) is 13.3 Å². The third-order valence-corrected chi connectivity index (χ3v) is 3.18. The minimum Gasteiger partial charge on any atom is -0.392 e.